The minimum Gasteiger partial charge on any atom is -0.497 e. The van der Waals surface area contributed by atoms with Crippen molar-refractivity contribution in [1.82, 2.24) is 0 Å². The monoisotopic (exact) mass is 1420 g/mol. The quantitative estimate of drug-likeness (QED) is 0.00857. The summed E-state index contributed by atoms with van der Waals surface area (Å²) in [5, 5.41) is 8.47. The van der Waals surface area contributed by atoms with Crippen LogP contribution in [0.1, 0.15) is 107 Å². The molecule has 1 N–H and O–H groups in total. The number of ether oxygens (including phenoxy) is 9. The molecule has 522 valence electrons. The SMILES string of the molecule is COC(=O)CCC(=O)OCCCc1ccc[cH-]1.COc1ccc(C(OCCCc2ccc[cH-]2)(c2ccccc2)c2ccc(OC)cc2)cc1.COc1ccc(C(OCCCc2ccc[cH-]2)(c2ccccc2)c2ccc(OC)cc2)cc1.O=C1CCC(=O)O1.OCCCc1ccc[cH-]1.[Fe+2].[Fe+2]. The van der Waals surface area contributed by atoms with Gasteiger partial charge < -0.3 is 47.7 Å². The van der Waals surface area contributed by atoms with E-state index in [0.29, 0.717) is 26.4 Å². The smallest absolute Gasteiger partial charge is 0.497 e. The summed E-state index contributed by atoms with van der Waals surface area (Å²) in [6, 6.07) is 86.7. The topological polar surface area (TPSA) is 172 Å². The van der Waals surface area contributed by atoms with Crippen LogP contribution in [0.2, 0.25) is 0 Å². The Balaban J connectivity index is 0.000000245. The van der Waals surface area contributed by atoms with E-state index in [9.17, 15) is 19.2 Å². The molecule has 0 aromatic heterocycles. The summed E-state index contributed by atoms with van der Waals surface area (Å²) in [4.78, 5) is 42.0. The van der Waals surface area contributed by atoms with Crippen LogP contribution >= 0.6 is 0 Å². The van der Waals surface area contributed by atoms with Gasteiger partial charge in [0, 0.05) is 19.8 Å². The van der Waals surface area contributed by atoms with Crippen LogP contribution in [0.5, 0.6) is 23.0 Å². The molecule has 1 fully saturated rings. The van der Waals surface area contributed by atoms with Crippen molar-refractivity contribution in [3.8, 4) is 23.0 Å². The third kappa shape index (κ3) is 25.6. The van der Waals surface area contributed by atoms with E-state index in [1.807, 2.05) is 97.1 Å². The zero-order chi connectivity index (χ0) is 68.8. The molecule has 1 heterocycles. The van der Waals surface area contributed by atoms with Gasteiger partial charge >= 0.3 is 58.0 Å². The first kappa shape index (κ1) is 80.6. The minimum absolute atomic E-state index is 0. The van der Waals surface area contributed by atoms with Crippen LogP contribution in [0.25, 0.3) is 0 Å². The number of benzene rings is 6. The first-order valence-corrected chi connectivity index (χ1v) is 32.8. The van der Waals surface area contributed by atoms with E-state index in [1.165, 1.54) is 29.4 Å². The van der Waals surface area contributed by atoms with E-state index in [2.05, 4.69) is 167 Å². The van der Waals surface area contributed by atoms with Crippen LogP contribution in [0.3, 0.4) is 0 Å². The molecule has 99 heavy (non-hydrogen) atoms. The van der Waals surface area contributed by atoms with Crippen molar-refractivity contribution in [3.05, 3.63) is 310 Å². The molecule has 0 aliphatic carbocycles. The van der Waals surface area contributed by atoms with Crippen LogP contribution in [0, 0.1) is 0 Å². The largest absolute Gasteiger partial charge is 2.00 e. The van der Waals surface area contributed by atoms with Crippen LogP contribution in [0.15, 0.2) is 255 Å². The number of aryl methyl sites for hydroxylation is 4. The molecule has 0 bridgehead atoms. The Kier molecular flexibility index (Phi) is 36.4. The fourth-order valence-corrected chi connectivity index (χ4v) is 11.0. The molecule has 1 aliphatic heterocycles. The van der Waals surface area contributed by atoms with E-state index >= 15 is 0 Å². The summed E-state index contributed by atoms with van der Waals surface area (Å²) in [7, 11) is 8.03. The first-order chi connectivity index (χ1) is 47.5. The van der Waals surface area contributed by atoms with Gasteiger partial charge in [-0.25, -0.2) is 48.5 Å². The average molecular weight is 1420 g/mol. The molecular weight excluding hydrogens is 1330 g/mol. The Bertz CT molecular complexity index is 3450. The molecule has 10 aromatic rings. The van der Waals surface area contributed by atoms with Gasteiger partial charge in [0.15, 0.2) is 0 Å². The molecule has 0 atom stereocenters. The predicted octanol–water partition coefficient (Wildman–Crippen LogP) is 15.7. The number of carbonyl (C=O) groups is 4. The molecule has 0 spiro atoms. The van der Waals surface area contributed by atoms with Crippen LogP contribution in [-0.2, 0) is 114 Å². The molecule has 0 amide bonds. The molecule has 11 rings (SSSR count). The summed E-state index contributed by atoms with van der Waals surface area (Å²) < 4.78 is 48.8. The van der Waals surface area contributed by atoms with Gasteiger partial charge in [0.1, 0.15) is 34.2 Å². The zero-order valence-corrected chi connectivity index (χ0v) is 59.2. The van der Waals surface area contributed by atoms with Crippen molar-refractivity contribution < 1.29 is 101 Å². The van der Waals surface area contributed by atoms with E-state index < -0.39 is 29.1 Å². The van der Waals surface area contributed by atoms with Crippen LogP contribution in [-0.4, -0.2) is 91.0 Å². The van der Waals surface area contributed by atoms with Gasteiger partial charge in [-0.2, -0.15) is 70.8 Å². The number of aliphatic hydroxyl groups excluding tert-OH is 1. The number of cyclic esters (lactones) is 2. The molecule has 1 saturated heterocycles. The molecule has 14 nitrogen and oxygen atoms in total. The summed E-state index contributed by atoms with van der Waals surface area (Å²) in [6.07, 6.45) is 8.12. The van der Waals surface area contributed by atoms with Gasteiger partial charge in [-0.1, -0.05) is 109 Å². The minimum atomic E-state index is -0.744. The van der Waals surface area contributed by atoms with Crippen LogP contribution in [0.4, 0.5) is 0 Å². The maximum atomic E-state index is 11.2. The number of carbonyl (C=O) groups excluding carboxylic acids is 4. The summed E-state index contributed by atoms with van der Waals surface area (Å²) >= 11 is 0. The van der Waals surface area contributed by atoms with Crippen molar-refractivity contribution in [3.63, 3.8) is 0 Å². The number of esters is 4. The standard InChI is InChI=1S/2C29H29O3.C13H17O4.C8H11O.C4H4O3.2Fe/c2*1-30-27-18-14-25(15-19-27)29(24-12-4-3-5-13-24,26-16-20-28(31-2)21-17-26)32-22-8-11-23-9-6-7-10-23;1-16-12(14)8-9-13(15)17-10-4-7-11-5-2-3-6-11;9-7-3-6-8-4-1-2-5-8;5-3-1-2-4(6)7-3;;/h2*3-7,9-10,12-21H,8,11,22H2,1-2H3;2-3,5-6H,4,7-10H2,1H3;1-2,4-5,9H,3,6-7H2;1-2H2;;/q4*-1;;2*+2. The normalized spacial score (nSPS) is 11.3. The Morgan fingerprint density at radius 3 is 0.939 bits per heavy atom. The van der Waals surface area contributed by atoms with Crippen molar-refractivity contribution in [1.29, 1.82) is 0 Å². The maximum Gasteiger partial charge on any atom is 2.00 e. The third-order valence-corrected chi connectivity index (χ3v) is 16.1. The van der Waals surface area contributed by atoms with Crippen molar-refractivity contribution in [2.24, 2.45) is 0 Å². The summed E-state index contributed by atoms with van der Waals surface area (Å²) in [5.41, 5.74) is 10.2. The van der Waals surface area contributed by atoms with Crippen molar-refractivity contribution in [2.75, 3.05) is 62.0 Å². The summed E-state index contributed by atoms with van der Waals surface area (Å²) in [6.45, 7) is 1.94. The number of aliphatic hydroxyl groups is 1. The number of methoxy groups -OCH3 is 5. The number of hydrogen-bond donors (Lipinski definition) is 1. The van der Waals surface area contributed by atoms with Crippen molar-refractivity contribution >= 4 is 23.9 Å². The third-order valence-electron chi connectivity index (χ3n) is 16.1. The predicted molar refractivity (Wildman–Crippen MR) is 378 cm³/mol. The molecule has 10 aromatic carbocycles. The molecule has 0 radical (unpaired) electrons. The van der Waals surface area contributed by atoms with E-state index in [1.54, 1.807) is 28.4 Å². The van der Waals surface area contributed by atoms with E-state index in [4.69, 9.17) is 38.3 Å². The molecule has 1 aliphatic rings. The first-order valence-electron chi connectivity index (χ1n) is 32.8. The Morgan fingerprint density at radius 1 is 0.384 bits per heavy atom. The zero-order valence-electron chi connectivity index (χ0n) is 57.0. The van der Waals surface area contributed by atoms with E-state index in [0.717, 1.165) is 108 Å². The van der Waals surface area contributed by atoms with Gasteiger partial charge in [0.05, 0.1) is 67.8 Å². The Hall–Kier alpha value is -9.08. The van der Waals surface area contributed by atoms with Gasteiger partial charge in [0.25, 0.3) is 0 Å². The van der Waals surface area contributed by atoms with Gasteiger partial charge in [-0.05, 0) is 133 Å². The van der Waals surface area contributed by atoms with E-state index in [-0.39, 0.29) is 65.8 Å². The number of rotatable bonds is 30. The second kappa shape index (κ2) is 44.8. The van der Waals surface area contributed by atoms with Crippen LogP contribution < -0.4 is 18.9 Å². The Labute approximate surface area is 604 Å². The van der Waals surface area contributed by atoms with Crippen molar-refractivity contribution in [2.45, 2.75) is 88.3 Å². The molecule has 0 saturated carbocycles. The molecule has 16 heteroatoms. The van der Waals surface area contributed by atoms with Gasteiger partial charge in [-0.3, -0.25) is 19.2 Å². The maximum absolute atomic E-state index is 11.2. The second-order valence-corrected chi connectivity index (χ2v) is 22.7. The fraction of sp³-hybridized carbons (Fsp3) is 0.277. The second-order valence-electron chi connectivity index (χ2n) is 22.7. The average Bonchev–Trinajstić information content (AvgIpc) is 1.24. The molecular formula is C83H90Fe2O14. The summed E-state index contributed by atoms with van der Waals surface area (Å²) in [5.74, 6) is 1.75. The molecule has 0 unspecified atom stereocenters. The fourth-order valence-electron chi connectivity index (χ4n) is 11.0. The van der Waals surface area contributed by atoms with Gasteiger partial charge in [0.2, 0.25) is 0 Å². The van der Waals surface area contributed by atoms with Gasteiger partial charge in [-0.15, -0.1) is 0 Å². The Morgan fingerprint density at radius 2 is 0.677 bits per heavy atom. The number of hydrogen-bond acceptors (Lipinski definition) is 14.